The van der Waals surface area contributed by atoms with Gasteiger partial charge < -0.3 is 9.13 Å². The summed E-state index contributed by atoms with van der Waals surface area (Å²) >= 11 is 0. The molecule has 0 unspecified atom stereocenters. The largest absolute Gasteiger partial charge is 0.434 e. The zero-order valence-corrected chi connectivity index (χ0v) is 14.5. The molecule has 0 saturated carbocycles. The average molecular weight is 377 g/mol. The van der Waals surface area contributed by atoms with Crippen LogP contribution in [-0.4, -0.2) is 34.1 Å². The third-order valence-corrected chi connectivity index (χ3v) is 5.60. The minimum absolute atomic E-state index is 0.0639. The van der Waals surface area contributed by atoms with Crippen LogP contribution in [-0.2, 0) is 36.2 Å². The molecule has 0 fully saturated rings. The Morgan fingerprint density at radius 3 is 2.64 bits per heavy atom. The first kappa shape index (κ1) is 17.9. The number of nitrogens with zero attached hydrogens (tertiary/aromatic N) is 4. The van der Waals surface area contributed by atoms with Crippen LogP contribution in [0.2, 0.25) is 0 Å². The molecule has 0 radical (unpaired) electrons. The summed E-state index contributed by atoms with van der Waals surface area (Å²) in [6.07, 6.45) is -1.12. The van der Waals surface area contributed by atoms with Crippen molar-refractivity contribution in [3.05, 3.63) is 29.7 Å². The summed E-state index contributed by atoms with van der Waals surface area (Å²) in [6.45, 7) is 2.12. The minimum Gasteiger partial charge on any atom is -0.337 e. The highest BCUT2D eigenvalue weighted by Crippen LogP contribution is 2.30. The normalized spacial score (nSPS) is 18.4. The van der Waals surface area contributed by atoms with Crippen LogP contribution in [0.5, 0.6) is 0 Å². The maximum absolute atomic E-state index is 12.7. The molecular formula is C14H18F3N5O2S. The molecule has 3 rings (SSSR count). The quantitative estimate of drug-likeness (QED) is 0.875. The van der Waals surface area contributed by atoms with Crippen LogP contribution in [0.4, 0.5) is 13.2 Å². The Bertz CT molecular complexity index is 865. The molecule has 3 heterocycles. The van der Waals surface area contributed by atoms with E-state index < -0.39 is 21.9 Å². The van der Waals surface area contributed by atoms with Gasteiger partial charge in [-0.05, 0) is 19.3 Å². The Hall–Kier alpha value is -1.88. The van der Waals surface area contributed by atoms with Gasteiger partial charge >= 0.3 is 6.18 Å². The molecule has 2 aromatic heterocycles. The monoisotopic (exact) mass is 377 g/mol. The number of aromatic nitrogens is 4. The Morgan fingerprint density at radius 2 is 2.04 bits per heavy atom. The van der Waals surface area contributed by atoms with E-state index in [1.165, 1.54) is 10.8 Å². The highest BCUT2D eigenvalue weighted by Gasteiger charge is 2.36. The van der Waals surface area contributed by atoms with E-state index in [-0.39, 0.29) is 17.5 Å². The summed E-state index contributed by atoms with van der Waals surface area (Å²) in [4.78, 5) is 7.60. The number of imidazole rings is 2. The van der Waals surface area contributed by atoms with E-state index in [9.17, 15) is 21.6 Å². The molecule has 0 aromatic carbocycles. The van der Waals surface area contributed by atoms with Crippen LogP contribution < -0.4 is 4.72 Å². The number of alkyl halides is 3. The second-order valence-electron chi connectivity index (χ2n) is 6.19. The van der Waals surface area contributed by atoms with Crippen LogP contribution in [0.25, 0.3) is 0 Å². The predicted octanol–water partition coefficient (Wildman–Crippen LogP) is 1.48. The smallest absolute Gasteiger partial charge is 0.337 e. The molecule has 1 aliphatic heterocycles. The number of nitrogens with one attached hydrogen (secondary N) is 1. The van der Waals surface area contributed by atoms with Gasteiger partial charge in [0, 0.05) is 39.0 Å². The first-order valence-electron chi connectivity index (χ1n) is 7.69. The van der Waals surface area contributed by atoms with Gasteiger partial charge in [0.1, 0.15) is 11.6 Å². The van der Waals surface area contributed by atoms with Crippen LogP contribution >= 0.6 is 0 Å². The Balaban J connectivity index is 1.66. The van der Waals surface area contributed by atoms with E-state index in [0.29, 0.717) is 31.0 Å². The van der Waals surface area contributed by atoms with Gasteiger partial charge in [0.25, 0.3) is 10.0 Å². The van der Waals surface area contributed by atoms with E-state index in [2.05, 4.69) is 14.7 Å². The average Bonchev–Trinajstić information content (AvgIpc) is 3.09. The van der Waals surface area contributed by atoms with E-state index in [4.69, 9.17) is 0 Å². The van der Waals surface area contributed by atoms with Crippen molar-refractivity contribution in [2.75, 3.05) is 6.54 Å². The number of hydrogen-bond acceptors (Lipinski definition) is 4. The van der Waals surface area contributed by atoms with Crippen LogP contribution in [0.15, 0.2) is 17.4 Å². The van der Waals surface area contributed by atoms with Crippen molar-refractivity contribution in [2.24, 2.45) is 13.0 Å². The lowest BCUT2D eigenvalue weighted by molar-refractivity contribution is -0.141. The lowest BCUT2D eigenvalue weighted by Gasteiger charge is -2.23. The fraction of sp³-hybridized carbons (Fsp3) is 0.571. The van der Waals surface area contributed by atoms with Gasteiger partial charge in [0.2, 0.25) is 0 Å². The first-order chi connectivity index (χ1) is 11.6. The van der Waals surface area contributed by atoms with Gasteiger partial charge in [-0.1, -0.05) is 0 Å². The molecule has 25 heavy (non-hydrogen) atoms. The molecule has 0 amide bonds. The number of halogens is 3. The SMILES string of the molecule is Cc1nc(S(=O)(=O)NC[C@H]2CCc3nc(C(F)(F)F)cn3C2)cn1C. The van der Waals surface area contributed by atoms with Gasteiger partial charge in [0.15, 0.2) is 10.7 Å². The van der Waals surface area contributed by atoms with Crippen LogP contribution in [0.1, 0.15) is 23.8 Å². The van der Waals surface area contributed by atoms with Crippen LogP contribution in [0.3, 0.4) is 0 Å². The highest BCUT2D eigenvalue weighted by molar-refractivity contribution is 7.89. The second kappa shape index (κ2) is 6.13. The molecule has 0 aliphatic carbocycles. The standard InChI is InChI=1S/C14H18F3N5O2S/c1-9-19-13(8-21(9)2)25(23,24)18-5-10-3-4-12-20-11(14(15,16)17)7-22(12)6-10/h7-8,10,18H,3-6H2,1-2H3/t10-/m1/s1. The van der Waals surface area contributed by atoms with E-state index in [1.54, 1.807) is 18.5 Å². The Morgan fingerprint density at radius 1 is 1.32 bits per heavy atom. The zero-order valence-electron chi connectivity index (χ0n) is 13.7. The van der Waals surface area contributed by atoms with Crippen molar-refractivity contribution in [3.63, 3.8) is 0 Å². The third kappa shape index (κ3) is 3.71. The summed E-state index contributed by atoms with van der Waals surface area (Å²) in [5.74, 6) is 0.843. The molecule has 7 nitrogen and oxygen atoms in total. The molecule has 0 spiro atoms. The maximum atomic E-state index is 12.7. The second-order valence-corrected chi connectivity index (χ2v) is 7.90. The number of rotatable bonds is 4. The molecule has 0 saturated heterocycles. The van der Waals surface area contributed by atoms with Gasteiger partial charge in [-0.3, -0.25) is 0 Å². The number of aryl methyl sites for hydroxylation is 3. The zero-order chi connectivity index (χ0) is 18.4. The summed E-state index contributed by atoms with van der Waals surface area (Å²) in [6, 6.07) is 0. The van der Waals surface area contributed by atoms with Gasteiger partial charge in [0.05, 0.1) is 0 Å². The molecule has 11 heteroatoms. The molecule has 0 bridgehead atoms. The molecular weight excluding hydrogens is 359 g/mol. The van der Waals surface area contributed by atoms with Crippen molar-refractivity contribution < 1.29 is 21.6 Å². The summed E-state index contributed by atoms with van der Waals surface area (Å²) in [5, 5.41) is -0.0639. The van der Waals surface area contributed by atoms with E-state index in [0.717, 1.165) is 6.20 Å². The van der Waals surface area contributed by atoms with Crippen molar-refractivity contribution in [1.29, 1.82) is 0 Å². The lowest BCUT2D eigenvalue weighted by Crippen LogP contribution is -2.33. The highest BCUT2D eigenvalue weighted by atomic mass is 32.2. The predicted molar refractivity (Wildman–Crippen MR) is 82.2 cm³/mol. The van der Waals surface area contributed by atoms with E-state index >= 15 is 0 Å². The lowest BCUT2D eigenvalue weighted by atomic mass is 10.00. The topological polar surface area (TPSA) is 81.8 Å². The van der Waals surface area contributed by atoms with Crippen molar-refractivity contribution in [3.8, 4) is 0 Å². The third-order valence-electron chi connectivity index (χ3n) is 4.30. The van der Waals surface area contributed by atoms with E-state index in [1.807, 2.05) is 0 Å². The summed E-state index contributed by atoms with van der Waals surface area (Å²) < 4.78 is 68.2. The van der Waals surface area contributed by atoms with Gasteiger partial charge in [-0.25, -0.2) is 23.1 Å². The molecule has 1 atom stereocenters. The molecule has 1 N–H and O–H groups in total. The van der Waals surface area contributed by atoms with Crippen molar-refractivity contribution in [1.82, 2.24) is 23.8 Å². The van der Waals surface area contributed by atoms with Crippen molar-refractivity contribution >= 4 is 10.0 Å². The number of sulfonamides is 1. The number of fused-ring (bicyclic) bond motifs is 1. The van der Waals surface area contributed by atoms with Crippen LogP contribution in [0, 0.1) is 12.8 Å². The Kier molecular flexibility index (Phi) is 4.40. The minimum atomic E-state index is -4.47. The summed E-state index contributed by atoms with van der Waals surface area (Å²) in [5.41, 5.74) is -0.910. The first-order valence-corrected chi connectivity index (χ1v) is 9.17. The van der Waals surface area contributed by atoms with Crippen molar-refractivity contribution in [2.45, 2.75) is 37.5 Å². The fourth-order valence-corrected chi connectivity index (χ4v) is 3.93. The molecule has 2 aromatic rings. The molecule has 138 valence electrons. The Labute approximate surface area is 142 Å². The number of hydrogen-bond donors (Lipinski definition) is 1. The summed E-state index contributed by atoms with van der Waals surface area (Å²) in [7, 11) is -2.05. The molecule has 1 aliphatic rings. The van der Waals surface area contributed by atoms with Gasteiger partial charge in [-0.15, -0.1) is 0 Å². The maximum Gasteiger partial charge on any atom is 0.434 e. The van der Waals surface area contributed by atoms with Gasteiger partial charge in [-0.2, -0.15) is 13.2 Å². The fourth-order valence-electron chi connectivity index (χ4n) is 2.77.